The average Bonchev–Trinajstić information content (AvgIpc) is 3.05. The lowest BCUT2D eigenvalue weighted by Crippen LogP contribution is -1.83. The van der Waals surface area contributed by atoms with Crippen molar-refractivity contribution in [1.29, 1.82) is 0 Å². The summed E-state index contributed by atoms with van der Waals surface area (Å²) in [7, 11) is 0. The van der Waals surface area contributed by atoms with Crippen LogP contribution in [0.1, 0.15) is 17.3 Å². The summed E-state index contributed by atoms with van der Waals surface area (Å²) in [5.74, 6) is 2.91. The minimum atomic E-state index is 0.613. The maximum atomic E-state index is 5.54. The van der Waals surface area contributed by atoms with Gasteiger partial charge in [0.15, 0.2) is 5.82 Å². The van der Waals surface area contributed by atoms with Crippen LogP contribution in [0.5, 0.6) is 0 Å². The second-order valence-corrected chi connectivity index (χ2v) is 6.28. The van der Waals surface area contributed by atoms with Crippen molar-refractivity contribution in [3.63, 3.8) is 0 Å². The van der Waals surface area contributed by atoms with Crippen molar-refractivity contribution in [2.24, 2.45) is 0 Å². The van der Waals surface area contributed by atoms with Gasteiger partial charge in [0.25, 0.3) is 0 Å². The number of H-pyrrole nitrogens is 1. The first-order valence-electron chi connectivity index (χ1n) is 6.36. The summed E-state index contributed by atoms with van der Waals surface area (Å²) < 4.78 is 6.52. The summed E-state index contributed by atoms with van der Waals surface area (Å²) >= 11 is 5.00. The summed E-state index contributed by atoms with van der Waals surface area (Å²) in [4.78, 5) is 8.83. The molecule has 0 unspecified atom stereocenters. The van der Waals surface area contributed by atoms with Gasteiger partial charge < -0.3 is 4.42 Å². The van der Waals surface area contributed by atoms with Gasteiger partial charge in [0.2, 0.25) is 11.0 Å². The lowest BCUT2D eigenvalue weighted by Gasteiger charge is -1.98. The monoisotopic (exact) mass is 364 g/mol. The van der Waals surface area contributed by atoms with Gasteiger partial charge in [0.1, 0.15) is 5.76 Å². The standard InChI is InChI=1S/C14H13BrN4OS/c1-8-9(2)20-12(16-8)7-21-14-17-13(18-19-14)10-5-3-4-6-11(10)15/h3-6H,7H2,1-2H3,(H,17,18,19). The van der Waals surface area contributed by atoms with E-state index in [9.17, 15) is 0 Å². The van der Waals surface area contributed by atoms with Gasteiger partial charge in [-0.25, -0.2) is 9.97 Å². The third kappa shape index (κ3) is 3.19. The molecule has 0 radical (unpaired) electrons. The van der Waals surface area contributed by atoms with Crippen molar-refractivity contribution >= 4 is 27.7 Å². The number of nitrogens with zero attached hydrogens (tertiary/aromatic N) is 3. The van der Waals surface area contributed by atoms with Gasteiger partial charge in [-0.3, -0.25) is 5.10 Å². The Labute approximate surface area is 134 Å². The van der Waals surface area contributed by atoms with E-state index >= 15 is 0 Å². The molecule has 0 saturated heterocycles. The predicted octanol–water partition coefficient (Wildman–Crippen LogP) is 4.13. The smallest absolute Gasteiger partial charge is 0.209 e. The molecule has 21 heavy (non-hydrogen) atoms. The number of aryl methyl sites for hydroxylation is 2. The second kappa shape index (κ2) is 6.03. The SMILES string of the molecule is Cc1nc(CSc2n[nH]c(-c3ccccc3Br)n2)oc1C. The highest BCUT2D eigenvalue weighted by Gasteiger charge is 2.11. The minimum absolute atomic E-state index is 0.613. The Morgan fingerprint density at radius 1 is 1.24 bits per heavy atom. The lowest BCUT2D eigenvalue weighted by molar-refractivity contribution is 0.489. The van der Waals surface area contributed by atoms with E-state index in [0.717, 1.165) is 27.3 Å². The van der Waals surface area contributed by atoms with E-state index in [1.165, 1.54) is 11.8 Å². The van der Waals surface area contributed by atoms with E-state index < -0.39 is 0 Å². The van der Waals surface area contributed by atoms with Crippen molar-refractivity contribution in [1.82, 2.24) is 20.2 Å². The molecule has 0 amide bonds. The van der Waals surface area contributed by atoms with Crippen molar-refractivity contribution in [2.45, 2.75) is 24.8 Å². The van der Waals surface area contributed by atoms with E-state index in [1.54, 1.807) is 0 Å². The minimum Gasteiger partial charge on any atom is -0.445 e. The summed E-state index contributed by atoms with van der Waals surface area (Å²) in [6.45, 7) is 3.85. The van der Waals surface area contributed by atoms with Gasteiger partial charge in [0.05, 0.1) is 11.4 Å². The topological polar surface area (TPSA) is 67.6 Å². The van der Waals surface area contributed by atoms with Gasteiger partial charge >= 0.3 is 0 Å². The lowest BCUT2D eigenvalue weighted by atomic mass is 10.2. The Morgan fingerprint density at radius 3 is 2.76 bits per heavy atom. The van der Waals surface area contributed by atoms with Crippen LogP contribution in [0.25, 0.3) is 11.4 Å². The molecule has 0 aliphatic heterocycles. The van der Waals surface area contributed by atoms with Crippen LogP contribution in [0.2, 0.25) is 0 Å². The zero-order valence-corrected chi connectivity index (χ0v) is 14.0. The number of hydrogen-bond donors (Lipinski definition) is 1. The van der Waals surface area contributed by atoms with Gasteiger partial charge in [-0.05, 0) is 19.9 Å². The molecule has 0 bridgehead atoms. The molecule has 0 spiro atoms. The van der Waals surface area contributed by atoms with Crippen LogP contribution < -0.4 is 0 Å². The first kappa shape index (κ1) is 14.3. The molecular formula is C14H13BrN4OS. The zero-order valence-electron chi connectivity index (χ0n) is 11.6. The highest BCUT2D eigenvalue weighted by Crippen LogP contribution is 2.27. The molecule has 3 aromatic rings. The Morgan fingerprint density at radius 2 is 2.05 bits per heavy atom. The van der Waals surface area contributed by atoms with Gasteiger partial charge in [-0.15, -0.1) is 5.10 Å². The number of aromatic nitrogens is 4. The summed E-state index contributed by atoms with van der Waals surface area (Å²) in [6, 6.07) is 7.89. The van der Waals surface area contributed by atoms with Crippen LogP contribution in [-0.4, -0.2) is 20.2 Å². The van der Waals surface area contributed by atoms with Gasteiger partial charge in [-0.1, -0.05) is 45.9 Å². The quantitative estimate of drug-likeness (QED) is 0.704. The van der Waals surface area contributed by atoms with E-state index in [-0.39, 0.29) is 0 Å². The number of hydrogen-bond acceptors (Lipinski definition) is 5. The number of oxazole rings is 1. The van der Waals surface area contributed by atoms with Crippen LogP contribution >= 0.6 is 27.7 Å². The molecule has 1 aromatic carbocycles. The Kier molecular flexibility index (Phi) is 4.12. The Hall–Kier alpha value is -1.60. The molecule has 108 valence electrons. The molecule has 0 atom stereocenters. The van der Waals surface area contributed by atoms with Crippen LogP contribution in [-0.2, 0) is 5.75 Å². The largest absolute Gasteiger partial charge is 0.445 e. The highest BCUT2D eigenvalue weighted by molar-refractivity contribution is 9.10. The second-order valence-electron chi connectivity index (χ2n) is 4.48. The van der Waals surface area contributed by atoms with Gasteiger partial charge in [-0.2, -0.15) is 0 Å². The van der Waals surface area contributed by atoms with Crippen LogP contribution in [0.3, 0.4) is 0 Å². The molecular weight excluding hydrogens is 352 g/mol. The maximum absolute atomic E-state index is 5.54. The number of aromatic amines is 1. The van der Waals surface area contributed by atoms with E-state index in [4.69, 9.17) is 4.42 Å². The fraction of sp³-hybridized carbons (Fsp3) is 0.214. The number of thioether (sulfide) groups is 1. The number of benzene rings is 1. The number of nitrogens with one attached hydrogen (secondary N) is 1. The fourth-order valence-corrected chi connectivity index (χ4v) is 2.93. The van der Waals surface area contributed by atoms with E-state index in [0.29, 0.717) is 16.8 Å². The molecule has 7 heteroatoms. The normalized spacial score (nSPS) is 11.0. The zero-order chi connectivity index (χ0) is 14.8. The summed E-state index contributed by atoms with van der Waals surface area (Å²) in [5.41, 5.74) is 1.91. The van der Waals surface area contributed by atoms with Crippen LogP contribution in [0.4, 0.5) is 0 Å². The Balaban J connectivity index is 1.72. The highest BCUT2D eigenvalue weighted by atomic mass is 79.9. The number of rotatable bonds is 4. The predicted molar refractivity (Wildman–Crippen MR) is 85.1 cm³/mol. The van der Waals surface area contributed by atoms with E-state index in [2.05, 4.69) is 36.1 Å². The van der Waals surface area contributed by atoms with Crippen LogP contribution in [0.15, 0.2) is 38.3 Å². The van der Waals surface area contributed by atoms with Crippen molar-refractivity contribution in [3.05, 3.63) is 46.1 Å². The first-order chi connectivity index (χ1) is 10.1. The molecule has 2 heterocycles. The third-order valence-corrected chi connectivity index (χ3v) is 4.51. The molecule has 0 aliphatic carbocycles. The first-order valence-corrected chi connectivity index (χ1v) is 8.14. The van der Waals surface area contributed by atoms with Crippen LogP contribution in [0, 0.1) is 13.8 Å². The van der Waals surface area contributed by atoms with E-state index in [1.807, 2.05) is 38.1 Å². The van der Waals surface area contributed by atoms with Crippen molar-refractivity contribution in [2.75, 3.05) is 0 Å². The molecule has 5 nitrogen and oxygen atoms in total. The molecule has 2 aromatic heterocycles. The summed E-state index contributed by atoms with van der Waals surface area (Å²) in [5, 5.41) is 7.84. The van der Waals surface area contributed by atoms with Crippen molar-refractivity contribution in [3.8, 4) is 11.4 Å². The van der Waals surface area contributed by atoms with Gasteiger partial charge in [0, 0.05) is 10.0 Å². The molecule has 3 rings (SSSR count). The molecule has 0 aliphatic rings. The fourth-order valence-electron chi connectivity index (χ4n) is 1.81. The molecule has 0 saturated carbocycles. The Bertz CT molecular complexity index is 748. The average molecular weight is 365 g/mol. The van der Waals surface area contributed by atoms with Crippen molar-refractivity contribution < 1.29 is 4.42 Å². The maximum Gasteiger partial charge on any atom is 0.209 e. The molecule has 1 N–H and O–H groups in total. The number of halogens is 1. The molecule has 0 fully saturated rings. The summed E-state index contributed by atoms with van der Waals surface area (Å²) in [6.07, 6.45) is 0. The third-order valence-electron chi connectivity index (χ3n) is 2.99.